The van der Waals surface area contributed by atoms with E-state index in [1.807, 2.05) is 6.26 Å². The Morgan fingerprint density at radius 3 is 2.65 bits per heavy atom. The van der Waals surface area contributed by atoms with Gasteiger partial charge in [0.25, 0.3) is 0 Å². The summed E-state index contributed by atoms with van der Waals surface area (Å²) in [6.45, 7) is 7.07. The van der Waals surface area contributed by atoms with Gasteiger partial charge < -0.3 is 14.8 Å². The molecule has 3 nitrogen and oxygen atoms in total. The highest BCUT2D eigenvalue weighted by atomic mass is 16.5. The minimum Gasteiger partial charge on any atom is -0.501 e. The van der Waals surface area contributed by atoms with E-state index in [0.29, 0.717) is 6.04 Å². The highest BCUT2D eigenvalue weighted by Crippen LogP contribution is 2.38. The van der Waals surface area contributed by atoms with E-state index in [1.165, 1.54) is 37.7 Å². The summed E-state index contributed by atoms with van der Waals surface area (Å²) >= 11 is 0. The molecule has 0 saturated heterocycles. The van der Waals surface area contributed by atoms with Crippen LogP contribution in [0.1, 0.15) is 65.2 Å². The molecule has 1 N–H and O–H groups in total. The van der Waals surface area contributed by atoms with Crippen molar-refractivity contribution in [3.8, 4) is 0 Å². The van der Waals surface area contributed by atoms with E-state index in [0.717, 1.165) is 39.0 Å². The van der Waals surface area contributed by atoms with Crippen LogP contribution in [0.25, 0.3) is 0 Å². The van der Waals surface area contributed by atoms with Crippen LogP contribution in [0, 0.1) is 0 Å². The maximum Gasteiger partial charge on any atom is 0.0876 e. The zero-order valence-corrected chi connectivity index (χ0v) is 13.2. The first-order chi connectivity index (χ1) is 9.82. The second-order valence-electron chi connectivity index (χ2n) is 6.11. The van der Waals surface area contributed by atoms with E-state index in [2.05, 4.69) is 19.2 Å². The topological polar surface area (TPSA) is 30.5 Å². The molecule has 0 amide bonds. The van der Waals surface area contributed by atoms with E-state index in [4.69, 9.17) is 9.47 Å². The predicted octanol–water partition coefficient (Wildman–Crippen LogP) is 3.79. The van der Waals surface area contributed by atoms with E-state index in [1.54, 1.807) is 0 Å². The lowest BCUT2D eigenvalue weighted by Gasteiger charge is -2.45. The Bertz CT molecular complexity index is 303. The van der Waals surface area contributed by atoms with Crippen molar-refractivity contribution in [1.29, 1.82) is 0 Å². The number of nitrogens with one attached hydrogen (secondary N) is 1. The Balaban J connectivity index is 2.18. The lowest BCUT2D eigenvalue weighted by Crippen LogP contribution is -2.55. The molecule has 0 aromatic heterocycles. The molecular weight excluding hydrogens is 250 g/mol. The Kier molecular flexibility index (Phi) is 6.37. The SMILES string of the molecule is CCCNC(C1=COCCC1)C1(OCC)CCCCC1. The molecule has 116 valence electrons. The lowest BCUT2D eigenvalue weighted by atomic mass is 9.75. The normalized spacial score (nSPS) is 23.8. The van der Waals surface area contributed by atoms with Gasteiger partial charge >= 0.3 is 0 Å². The summed E-state index contributed by atoms with van der Waals surface area (Å²) in [6, 6.07) is 0.336. The van der Waals surface area contributed by atoms with Crippen LogP contribution in [0.3, 0.4) is 0 Å². The fourth-order valence-electron chi connectivity index (χ4n) is 3.69. The molecule has 1 heterocycles. The van der Waals surface area contributed by atoms with Crippen molar-refractivity contribution >= 4 is 0 Å². The molecule has 2 aliphatic rings. The molecule has 0 aromatic carbocycles. The van der Waals surface area contributed by atoms with Gasteiger partial charge in [-0.25, -0.2) is 0 Å². The first-order valence-corrected chi connectivity index (χ1v) is 8.50. The molecule has 0 spiro atoms. The van der Waals surface area contributed by atoms with Crippen LogP contribution in [0.15, 0.2) is 11.8 Å². The molecule has 1 fully saturated rings. The number of rotatable bonds is 7. The summed E-state index contributed by atoms with van der Waals surface area (Å²) in [5.74, 6) is 0. The molecule has 1 unspecified atom stereocenters. The van der Waals surface area contributed by atoms with Crippen molar-refractivity contribution in [3.63, 3.8) is 0 Å². The molecule has 1 aliphatic heterocycles. The summed E-state index contributed by atoms with van der Waals surface area (Å²) < 4.78 is 11.9. The predicted molar refractivity (Wildman–Crippen MR) is 82.8 cm³/mol. The van der Waals surface area contributed by atoms with Crippen LogP contribution in [0.2, 0.25) is 0 Å². The van der Waals surface area contributed by atoms with Crippen molar-refractivity contribution < 1.29 is 9.47 Å². The zero-order valence-electron chi connectivity index (χ0n) is 13.2. The molecule has 3 heteroatoms. The van der Waals surface area contributed by atoms with E-state index < -0.39 is 0 Å². The minimum absolute atomic E-state index is 0.00525. The number of hydrogen-bond acceptors (Lipinski definition) is 3. The summed E-state index contributed by atoms with van der Waals surface area (Å²) in [7, 11) is 0. The van der Waals surface area contributed by atoms with Gasteiger partial charge in [0.2, 0.25) is 0 Å². The summed E-state index contributed by atoms with van der Waals surface area (Å²) in [6.07, 6.45) is 11.7. The smallest absolute Gasteiger partial charge is 0.0876 e. The Morgan fingerprint density at radius 2 is 2.05 bits per heavy atom. The molecule has 20 heavy (non-hydrogen) atoms. The fourth-order valence-corrected chi connectivity index (χ4v) is 3.69. The Morgan fingerprint density at radius 1 is 1.25 bits per heavy atom. The molecule has 0 aromatic rings. The largest absolute Gasteiger partial charge is 0.501 e. The van der Waals surface area contributed by atoms with Gasteiger partial charge in [0.1, 0.15) is 0 Å². The first kappa shape index (κ1) is 15.8. The lowest BCUT2D eigenvalue weighted by molar-refractivity contribution is -0.0835. The van der Waals surface area contributed by atoms with Gasteiger partial charge in [-0.3, -0.25) is 0 Å². The molecule has 1 saturated carbocycles. The average molecular weight is 281 g/mol. The van der Waals surface area contributed by atoms with Crippen molar-refractivity contribution in [2.24, 2.45) is 0 Å². The van der Waals surface area contributed by atoms with Crippen LogP contribution in [-0.2, 0) is 9.47 Å². The molecule has 0 bridgehead atoms. The van der Waals surface area contributed by atoms with E-state index in [9.17, 15) is 0 Å². The third kappa shape index (κ3) is 3.76. The van der Waals surface area contributed by atoms with Gasteiger partial charge in [-0.05, 0) is 51.1 Å². The highest BCUT2D eigenvalue weighted by Gasteiger charge is 2.42. The van der Waals surface area contributed by atoms with Gasteiger partial charge in [0.05, 0.1) is 24.5 Å². The third-order valence-corrected chi connectivity index (χ3v) is 4.59. The minimum atomic E-state index is -0.00525. The average Bonchev–Trinajstić information content (AvgIpc) is 2.50. The van der Waals surface area contributed by atoms with Crippen LogP contribution in [-0.4, -0.2) is 31.4 Å². The van der Waals surface area contributed by atoms with Crippen LogP contribution >= 0.6 is 0 Å². The zero-order chi connectivity index (χ0) is 14.3. The van der Waals surface area contributed by atoms with Crippen molar-refractivity contribution in [1.82, 2.24) is 5.32 Å². The van der Waals surface area contributed by atoms with E-state index in [-0.39, 0.29) is 5.60 Å². The summed E-state index contributed by atoms with van der Waals surface area (Å²) in [5, 5.41) is 3.76. The second-order valence-corrected chi connectivity index (χ2v) is 6.11. The second kappa shape index (κ2) is 8.04. The summed E-state index contributed by atoms with van der Waals surface area (Å²) in [5.41, 5.74) is 1.41. The van der Waals surface area contributed by atoms with Crippen LogP contribution in [0.4, 0.5) is 0 Å². The number of ether oxygens (including phenoxy) is 2. The van der Waals surface area contributed by atoms with Crippen molar-refractivity contribution in [3.05, 3.63) is 11.8 Å². The number of hydrogen-bond donors (Lipinski definition) is 1. The first-order valence-electron chi connectivity index (χ1n) is 8.50. The third-order valence-electron chi connectivity index (χ3n) is 4.59. The van der Waals surface area contributed by atoms with Crippen LogP contribution in [0.5, 0.6) is 0 Å². The monoisotopic (exact) mass is 281 g/mol. The van der Waals surface area contributed by atoms with Gasteiger partial charge in [-0.1, -0.05) is 26.2 Å². The van der Waals surface area contributed by atoms with Crippen molar-refractivity contribution in [2.45, 2.75) is 76.9 Å². The quantitative estimate of drug-likeness (QED) is 0.770. The standard InChI is InChI=1S/C17H31NO2/c1-3-12-18-16(15-9-8-13-19-14-15)17(20-4-2)10-6-5-7-11-17/h14,16,18H,3-13H2,1-2H3. The Labute approximate surface area is 124 Å². The maximum absolute atomic E-state index is 6.32. The van der Waals surface area contributed by atoms with Gasteiger partial charge in [0, 0.05) is 6.61 Å². The van der Waals surface area contributed by atoms with E-state index >= 15 is 0 Å². The molecule has 1 atom stereocenters. The molecule has 2 rings (SSSR count). The van der Waals surface area contributed by atoms with Crippen molar-refractivity contribution in [2.75, 3.05) is 19.8 Å². The molecule has 0 radical (unpaired) electrons. The Hall–Kier alpha value is -0.540. The maximum atomic E-state index is 6.32. The van der Waals surface area contributed by atoms with Gasteiger partial charge in [-0.2, -0.15) is 0 Å². The fraction of sp³-hybridized carbons (Fsp3) is 0.882. The molecular formula is C17H31NO2. The molecule has 1 aliphatic carbocycles. The highest BCUT2D eigenvalue weighted by molar-refractivity contribution is 5.18. The summed E-state index contributed by atoms with van der Waals surface area (Å²) in [4.78, 5) is 0. The van der Waals surface area contributed by atoms with Crippen LogP contribution < -0.4 is 5.32 Å². The van der Waals surface area contributed by atoms with Gasteiger partial charge in [0.15, 0.2) is 0 Å². The van der Waals surface area contributed by atoms with Gasteiger partial charge in [-0.15, -0.1) is 0 Å².